The number of nitrogens with zero attached hydrogens (tertiary/aromatic N) is 1. The van der Waals surface area contributed by atoms with Crippen LogP contribution < -0.4 is 10.6 Å². The monoisotopic (exact) mass is 469 g/mol. The number of alkyl halides is 3. The van der Waals surface area contributed by atoms with Gasteiger partial charge in [0.1, 0.15) is 0 Å². The Hall–Kier alpha value is -1.29. The molecule has 0 saturated carbocycles. The summed E-state index contributed by atoms with van der Waals surface area (Å²) in [6.45, 7) is 2.42. The van der Waals surface area contributed by atoms with E-state index in [1.165, 1.54) is 11.6 Å². The van der Waals surface area contributed by atoms with Crippen molar-refractivity contribution in [3.63, 3.8) is 0 Å². The number of hydrogen-bond acceptors (Lipinski definition) is 2. The maximum Gasteiger partial charge on any atom is 0.416 e. The van der Waals surface area contributed by atoms with E-state index in [-0.39, 0.29) is 30.5 Å². The lowest BCUT2D eigenvalue weighted by molar-refractivity contribution is -0.137. The maximum absolute atomic E-state index is 12.7. The zero-order valence-corrected chi connectivity index (χ0v) is 16.4. The topological polar surface area (TPSA) is 45.7 Å². The van der Waals surface area contributed by atoms with Crippen molar-refractivity contribution in [2.45, 2.75) is 25.6 Å². The van der Waals surface area contributed by atoms with E-state index >= 15 is 0 Å². The van der Waals surface area contributed by atoms with Crippen LogP contribution in [0.4, 0.5) is 13.2 Å². The fourth-order valence-corrected chi connectivity index (χ4v) is 2.40. The van der Waals surface area contributed by atoms with Gasteiger partial charge >= 0.3 is 6.18 Å². The average molecular weight is 469 g/mol. The van der Waals surface area contributed by atoms with Gasteiger partial charge in [0.2, 0.25) is 0 Å². The van der Waals surface area contributed by atoms with Crippen molar-refractivity contribution in [3.05, 3.63) is 47.0 Å². The summed E-state index contributed by atoms with van der Waals surface area (Å²) in [5, 5.41) is 6.20. The van der Waals surface area contributed by atoms with Gasteiger partial charge < -0.3 is 15.4 Å². The van der Waals surface area contributed by atoms with Crippen molar-refractivity contribution in [1.29, 1.82) is 0 Å². The third-order valence-corrected chi connectivity index (χ3v) is 3.73. The quantitative estimate of drug-likeness (QED) is 0.299. The molecule has 1 aromatic carbocycles. The van der Waals surface area contributed by atoms with Gasteiger partial charge in [-0.1, -0.05) is 23.8 Å². The highest BCUT2D eigenvalue weighted by atomic mass is 127. The molecule has 140 valence electrons. The Bertz CT molecular complexity index is 603. The summed E-state index contributed by atoms with van der Waals surface area (Å²) in [6, 6.07) is 5.28. The van der Waals surface area contributed by atoms with E-state index in [2.05, 4.69) is 21.7 Å². The van der Waals surface area contributed by atoms with Crippen LogP contribution in [0.15, 0.2) is 40.9 Å². The smallest absolute Gasteiger partial charge is 0.377 e. The summed E-state index contributed by atoms with van der Waals surface area (Å²) in [6.07, 6.45) is -0.400. The van der Waals surface area contributed by atoms with Gasteiger partial charge in [-0.15, -0.1) is 24.0 Å². The first-order chi connectivity index (χ1) is 11.5. The van der Waals surface area contributed by atoms with Crippen LogP contribution in [0, 0.1) is 0 Å². The van der Waals surface area contributed by atoms with Crippen molar-refractivity contribution >= 4 is 29.9 Å². The second kappa shape index (κ2) is 10.6. The predicted molar refractivity (Wildman–Crippen MR) is 103 cm³/mol. The third-order valence-electron chi connectivity index (χ3n) is 3.73. The Morgan fingerprint density at radius 3 is 2.72 bits per heavy atom. The fraction of sp³-hybridized carbons (Fsp3) is 0.471. The molecule has 0 aliphatic carbocycles. The molecule has 1 aromatic rings. The van der Waals surface area contributed by atoms with Gasteiger partial charge in [0.25, 0.3) is 0 Å². The molecular weight excluding hydrogens is 446 g/mol. The van der Waals surface area contributed by atoms with Crippen LogP contribution in [0.5, 0.6) is 0 Å². The van der Waals surface area contributed by atoms with E-state index in [0.717, 1.165) is 31.6 Å². The van der Waals surface area contributed by atoms with Gasteiger partial charge in [-0.2, -0.15) is 13.2 Å². The van der Waals surface area contributed by atoms with E-state index < -0.39 is 11.7 Å². The van der Waals surface area contributed by atoms with Crippen molar-refractivity contribution in [3.8, 4) is 0 Å². The van der Waals surface area contributed by atoms with Gasteiger partial charge in [0, 0.05) is 20.1 Å². The molecule has 1 heterocycles. The Morgan fingerprint density at radius 1 is 1.28 bits per heavy atom. The second-order valence-electron chi connectivity index (χ2n) is 5.49. The molecule has 4 nitrogen and oxygen atoms in total. The van der Waals surface area contributed by atoms with Gasteiger partial charge in [-0.3, -0.25) is 4.99 Å². The van der Waals surface area contributed by atoms with E-state index in [0.29, 0.717) is 24.7 Å². The molecule has 1 aliphatic rings. The molecule has 0 fully saturated rings. The molecule has 2 N–H and O–H groups in total. The van der Waals surface area contributed by atoms with Crippen molar-refractivity contribution in [2.24, 2.45) is 4.99 Å². The second-order valence-corrected chi connectivity index (χ2v) is 5.49. The molecule has 0 atom stereocenters. The zero-order chi connectivity index (χ0) is 17.4. The predicted octanol–water partition coefficient (Wildman–Crippen LogP) is 3.73. The number of hydrogen-bond donors (Lipinski definition) is 2. The minimum absolute atomic E-state index is 0. The SMILES string of the molecule is CN=C(NCCC1=CCOCC1)NCc1cccc(C(F)(F)F)c1.I. The van der Waals surface area contributed by atoms with Crippen LogP contribution in [0.2, 0.25) is 0 Å². The van der Waals surface area contributed by atoms with Crippen LogP contribution in [-0.4, -0.2) is 32.8 Å². The van der Waals surface area contributed by atoms with E-state index in [1.54, 1.807) is 13.1 Å². The first-order valence-corrected chi connectivity index (χ1v) is 7.85. The molecule has 8 heteroatoms. The summed E-state index contributed by atoms with van der Waals surface area (Å²) in [5.41, 5.74) is 1.26. The van der Waals surface area contributed by atoms with Crippen LogP contribution in [-0.2, 0) is 17.5 Å². The van der Waals surface area contributed by atoms with Crippen molar-refractivity contribution < 1.29 is 17.9 Å². The lowest BCUT2D eigenvalue weighted by Crippen LogP contribution is -2.37. The number of halogens is 4. The Morgan fingerprint density at radius 2 is 2.08 bits per heavy atom. The van der Waals surface area contributed by atoms with Gasteiger partial charge in [-0.25, -0.2) is 0 Å². The highest BCUT2D eigenvalue weighted by Crippen LogP contribution is 2.29. The van der Waals surface area contributed by atoms with Gasteiger partial charge in [0.15, 0.2) is 5.96 Å². The number of benzene rings is 1. The molecular formula is C17H23F3IN3O. The minimum atomic E-state index is -4.33. The first-order valence-electron chi connectivity index (χ1n) is 7.85. The molecule has 0 aromatic heterocycles. The molecule has 0 spiro atoms. The number of aliphatic imine (C=N–C) groups is 1. The van der Waals surface area contributed by atoms with Crippen LogP contribution >= 0.6 is 24.0 Å². The highest BCUT2D eigenvalue weighted by Gasteiger charge is 2.30. The van der Waals surface area contributed by atoms with Gasteiger partial charge in [-0.05, 0) is 30.5 Å². The number of guanidine groups is 1. The summed E-state index contributed by atoms with van der Waals surface area (Å²) in [7, 11) is 1.63. The molecule has 0 radical (unpaired) electrons. The minimum Gasteiger partial charge on any atom is -0.377 e. The lowest BCUT2D eigenvalue weighted by atomic mass is 10.1. The molecule has 0 amide bonds. The first kappa shape index (κ1) is 21.8. The summed E-state index contributed by atoms with van der Waals surface area (Å²) in [4.78, 5) is 4.08. The van der Waals surface area contributed by atoms with Crippen molar-refractivity contribution in [1.82, 2.24) is 10.6 Å². The highest BCUT2D eigenvalue weighted by molar-refractivity contribution is 14.0. The van der Waals surface area contributed by atoms with E-state index in [9.17, 15) is 13.2 Å². The normalized spacial score (nSPS) is 15.2. The Labute approximate surface area is 162 Å². The molecule has 25 heavy (non-hydrogen) atoms. The standard InChI is InChI=1S/C17H22F3N3O.HI/c1-21-16(22-8-5-13-6-9-24-10-7-13)23-12-14-3-2-4-15(11-14)17(18,19)20;/h2-4,6,11H,5,7-10,12H2,1H3,(H2,21,22,23);1H. The number of nitrogens with one attached hydrogen (secondary N) is 2. The molecule has 2 rings (SSSR count). The van der Waals surface area contributed by atoms with Gasteiger partial charge in [0.05, 0.1) is 18.8 Å². The molecule has 0 unspecified atom stereocenters. The summed E-state index contributed by atoms with van der Waals surface area (Å²) in [5.74, 6) is 0.570. The van der Waals surface area contributed by atoms with Crippen LogP contribution in [0.1, 0.15) is 24.0 Å². The number of ether oxygens (including phenoxy) is 1. The largest absolute Gasteiger partial charge is 0.416 e. The average Bonchev–Trinajstić information content (AvgIpc) is 2.58. The van der Waals surface area contributed by atoms with Crippen molar-refractivity contribution in [2.75, 3.05) is 26.8 Å². The van der Waals surface area contributed by atoms with Crippen LogP contribution in [0.25, 0.3) is 0 Å². The third kappa shape index (κ3) is 7.64. The maximum atomic E-state index is 12.7. The molecule has 0 bridgehead atoms. The summed E-state index contributed by atoms with van der Waals surface area (Å²) >= 11 is 0. The van der Waals surface area contributed by atoms with E-state index in [1.807, 2.05) is 0 Å². The Balaban J connectivity index is 0.00000312. The fourth-order valence-electron chi connectivity index (χ4n) is 2.40. The van der Waals surface area contributed by atoms with E-state index in [4.69, 9.17) is 4.74 Å². The molecule has 0 saturated heterocycles. The summed E-state index contributed by atoms with van der Waals surface area (Å²) < 4.78 is 43.4. The number of rotatable bonds is 5. The van der Waals surface area contributed by atoms with Crippen LogP contribution in [0.3, 0.4) is 0 Å². The Kier molecular flexibility index (Phi) is 9.26. The zero-order valence-electron chi connectivity index (χ0n) is 14.0. The lowest BCUT2D eigenvalue weighted by Gasteiger charge is -2.16. The molecule has 1 aliphatic heterocycles.